The Bertz CT molecular complexity index is 1170. The van der Waals surface area contributed by atoms with E-state index in [-0.39, 0.29) is 0 Å². The Morgan fingerprint density at radius 2 is 2.03 bits per heavy atom. The molecule has 4 aromatic rings. The van der Waals surface area contributed by atoms with Gasteiger partial charge < -0.3 is 20.2 Å². The summed E-state index contributed by atoms with van der Waals surface area (Å²) in [5.41, 5.74) is 10.7. The standard InChI is InChI=1S/C23H25N5O2/c24-19-3-1-4-20-22(19)18(14-25-20)23-17-6-5-16(13-21(17)26-15-27-23)30-10-2-7-28-8-11-29-12-9-28/h1,3-6,13-15,25H,2,7-12,24H2. The summed E-state index contributed by atoms with van der Waals surface area (Å²) >= 11 is 0. The maximum Gasteiger partial charge on any atom is 0.121 e. The first-order valence-corrected chi connectivity index (χ1v) is 10.3. The van der Waals surface area contributed by atoms with Gasteiger partial charge in [0.15, 0.2) is 0 Å². The Morgan fingerprint density at radius 1 is 1.13 bits per heavy atom. The van der Waals surface area contributed by atoms with Crippen LogP contribution in [0, 0.1) is 0 Å². The van der Waals surface area contributed by atoms with E-state index in [1.165, 1.54) is 0 Å². The minimum absolute atomic E-state index is 0.680. The molecule has 0 amide bonds. The van der Waals surface area contributed by atoms with Gasteiger partial charge in [0.05, 0.1) is 31.0 Å². The van der Waals surface area contributed by atoms with Crippen molar-refractivity contribution >= 4 is 27.5 Å². The van der Waals surface area contributed by atoms with E-state index in [0.29, 0.717) is 6.61 Å². The average molecular weight is 403 g/mol. The van der Waals surface area contributed by atoms with Crippen molar-refractivity contribution in [1.29, 1.82) is 0 Å². The van der Waals surface area contributed by atoms with Crippen LogP contribution in [0.2, 0.25) is 0 Å². The van der Waals surface area contributed by atoms with Gasteiger partial charge in [-0.05, 0) is 30.7 Å². The molecule has 0 aliphatic carbocycles. The fraction of sp³-hybridized carbons (Fsp3) is 0.304. The first-order valence-electron chi connectivity index (χ1n) is 10.3. The molecule has 1 aliphatic rings. The van der Waals surface area contributed by atoms with Crippen LogP contribution in [-0.4, -0.2) is 59.3 Å². The van der Waals surface area contributed by atoms with Gasteiger partial charge in [0.2, 0.25) is 0 Å². The summed E-state index contributed by atoms with van der Waals surface area (Å²) in [5, 5.41) is 1.96. The first kappa shape index (κ1) is 18.8. The lowest BCUT2D eigenvalue weighted by molar-refractivity contribution is 0.0358. The van der Waals surface area contributed by atoms with Crippen molar-refractivity contribution in [2.75, 3.05) is 45.2 Å². The van der Waals surface area contributed by atoms with Gasteiger partial charge in [-0.25, -0.2) is 9.97 Å². The van der Waals surface area contributed by atoms with E-state index in [4.69, 9.17) is 15.2 Å². The molecule has 0 unspecified atom stereocenters. The molecule has 0 atom stereocenters. The second kappa shape index (κ2) is 8.30. The lowest BCUT2D eigenvalue weighted by atomic mass is 10.0. The second-order valence-electron chi connectivity index (χ2n) is 7.53. The fourth-order valence-electron chi connectivity index (χ4n) is 4.04. The number of hydrogen-bond donors (Lipinski definition) is 2. The average Bonchev–Trinajstić information content (AvgIpc) is 3.22. The summed E-state index contributed by atoms with van der Waals surface area (Å²) in [5.74, 6) is 0.826. The molecule has 0 radical (unpaired) electrons. The number of nitrogens with one attached hydrogen (secondary N) is 1. The Morgan fingerprint density at radius 3 is 2.93 bits per heavy atom. The summed E-state index contributed by atoms with van der Waals surface area (Å²) in [6.45, 7) is 5.39. The van der Waals surface area contributed by atoms with Gasteiger partial charge in [0.25, 0.3) is 0 Å². The number of aromatic nitrogens is 3. The molecule has 7 heteroatoms. The summed E-state index contributed by atoms with van der Waals surface area (Å²) in [6.07, 6.45) is 4.54. The normalized spacial score (nSPS) is 15.1. The van der Waals surface area contributed by atoms with E-state index in [1.807, 2.05) is 42.6 Å². The molecule has 0 saturated carbocycles. The predicted molar refractivity (Wildman–Crippen MR) is 119 cm³/mol. The van der Waals surface area contributed by atoms with Gasteiger partial charge >= 0.3 is 0 Å². The largest absolute Gasteiger partial charge is 0.493 e. The Labute approximate surface area is 174 Å². The molecule has 3 N–H and O–H groups in total. The molecule has 2 aromatic heterocycles. The third kappa shape index (κ3) is 3.69. The number of fused-ring (bicyclic) bond motifs is 2. The molecule has 5 rings (SSSR count). The van der Waals surface area contributed by atoms with E-state index in [9.17, 15) is 0 Å². The Hall–Kier alpha value is -3.16. The van der Waals surface area contributed by atoms with E-state index in [1.54, 1.807) is 6.33 Å². The van der Waals surface area contributed by atoms with Crippen LogP contribution in [0.15, 0.2) is 48.9 Å². The van der Waals surface area contributed by atoms with Crippen LogP contribution in [0.5, 0.6) is 5.75 Å². The number of anilines is 1. The number of nitrogen functional groups attached to an aromatic ring is 1. The highest BCUT2D eigenvalue weighted by Gasteiger charge is 2.14. The number of nitrogens with zero attached hydrogens (tertiary/aromatic N) is 3. The van der Waals surface area contributed by atoms with E-state index < -0.39 is 0 Å². The fourth-order valence-corrected chi connectivity index (χ4v) is 4.04. The molecular weight excluding hydrogens is 378 g/mol. The summed E-state index contributed by atoms with van der Waals surface area (Å²) in [4.78, 5) is 14.7. The Balaban J connectivity index is 1.35. The van der Waals surface area contributed by atoms with Crippen molar-refractivity contribution in [2.45, 2.75) is 6.42 Å². The number of ether oxygens (including phenoxy) is 2. The SMILES string of the molecule is Nc1cccc2[nH]cc(-c3ncnc4cc(OCCCN5CCOCC5)ccc34)c12. The zero-order valence-electron chi connectivity index (χ0n) is 16.8. The molecule has 1 aliphatic heterocycles. The monoisotopic (exact) mass is 403 g/mol. The highest BCUT2D eigenvalue weighted by Crippen LogP contribution is 2.35. The van der Waals surface area contributed by atoms with Crippen molar-refractivity contribution in [3.05, 3.63) is 48.9 Å². The number of rotatable bonds is 6. The second-order valence-corrected chi connectivity index (χ2v) is 7.53. The molecule has 7 nitrogen and oxygen atoms in total. The van der Waals surface area contributed by atoms with Crippen LogP contribution in [0.4, 0.5) is 5.69 Å². The number of morpholine rings is 1. The van der Waals surface area contributed by atoms with Gasteiger partial charge in [-0.1, -0.05) is 6.07 Å². The predicted octanol–water partition coefficient (Wildman–Crippen LogP) is 3.46. The molecule has 154 valence electrons. The van der Waals surface area contributed by atoms with Gasteiger partial charge in [0.1, 0.15) is 12.1 Å². The molecule has 2 aromatic carbocycles. The highest BCUT2D eigenvalue weighted by atomic mass is 16.5. The topological polar surface area (TPSA) is 89.3 Å². The lowest BCUT2D eigenvalue weighted by Crippen LogP contribution is -2.37. The summed E-state index contributed by atoms with van der Waals surface area (Å²) in [7, 11) is 0. The quantitative estimate of drug-likeness (QED) is 0.379. The van der Waals surface area contributed by atoms with Crippen molar-refractivity contribution in [3.8, 4) is 17.0 Å². The van der Waals surface area contributed by atoms with E-state index in [2.05, 4.69) is 19.9 Å². The van der Waals surface area contributed by atoms with E-state index in [0.717, 1.165) is 83.8 Å². The first-order chi connectivity index (χ1) is 14.8. The summed E-state index contributed by atoms with van der Waals surface area (Å²) < 4.78 is 11.4. The molecule has 0 spiro atoms. The van der Waals surface area contributed by atoms with Gasteiger partial charge in [0, 0.05) is 59.4 Å². The van der Waals surface area contributed by atoms with Crippen LogP contribution in [0.1, 0.15) is 6.42 Å². The smallest absolute Gasteiger partial charge is 0.121 e. The minimum atomic E-state index is 0.680. The lowest BCUT2D eigenvalue weighted by Gasteiger charge is -2.26. The number of benzene rings is 2. The number of H-pyrrole nitrogens is 1. The van der Waals surface area contributed by atoms with Crippen molar-refractivity contribution < 1.29 is 9.47 Å². The molecular formula is C23H25N5O2. The number of aromatic amines is 1. The zero-order chi connectivity index (χ0) is 20.3. The maximum absolute atomic E-state index is 6.24. The summed E-state index contributed by atoms with van der Waals surface area (Å²) in [6, 6.07) is 11.9. The third-order valence-electron chi connectivity index (χ3n) is 5.59. The third-order valence-corrected chi connectivity index (χ3v) is 5.59. The van der Waals surface area contributed by atoms with Crippen molar-refractivity contribution in [1.82, 2.24) is 19.9 Å². The van der Waals surface area contributed by atoms with E-state index >= 15 is 0 Å². The molecule has 30 heavy (non-hydrogen) atoms. The van der Waals surface area contributed by atoms with Crippen LogP contribution >= 0.6 is 0 Å². The van der Waals surface area contributed by atoms with Gasteiger partial charge in [-0.2, -0.15) is 0 Å². The zero-order valence-corrected chi connectivity index (χ0v) is 16.8. The van der Waals surface area contributed by atoms with Gasteiger partial charge in [-0.3, -0.25) is 4.90 Å². The number of hydrogen-bond acceptors (Lipinski definition) is 6. The van der Waals surface area contributed by atoms with Crippen LogP contribution in [0.3, 0.4) is 0 Å². The molecule has 0 bridgehead atoms. The molecule has 3 heterocycles. The maximum atomic E-state index is 6.24. The van der Waals surface area contributed by atoms with Crippen LogP contribution in [0.25, 0.3) is 33.1 Å². The van der Waals surface area contributed by atoms with Crippen molar-refractivity contribution in [3.63, 3.8) is 0 Å². The molecule has 1 saturated heterocycles. The Kier molecular flexibility index (Phi) is 5.21. The number of nitrogens with two attached hydrogens (primary N) is 1. The highest BCUT2D eigenvalue weighted by molar-refractivity contribution is 6.07. The van der Waals surface area contributed by atoms with Crippen LogP contribution < -0.4 is 10.5 Å². The minimum Gasteiger partial charge on any atom is -0.493 e. The van der Waals surface area contributed by atoms with Crippen LogP contribution in [-0.2, 0) is 4.74 Å². The van der Waals surface area contributed by atoms with Crippen molar-refractivity contribution in [2.24, 2.45) is 0 Å². The van der Waals surface area contributed by atoms with Gasteiger partial charge in [-0.15, -0.1) is 0 Å². The molecule has 1 fully saturated rings.